The minimum Gasteiger partial charge on any atom is -0.342 e. The number of fused-ring (bicyclic) bond motifs is 2. The number of aromatic nitrogens is 2. The molecule has 6 heteroatoms. The summed E-state index contributed by atoms with van der Waals surface area (Å²) in [6.45, 7) is 3.95. The standard InChI is InChI=1S/C25H25N5O/c1-3-17-5-4-6-21(9-17)28-25-22-10-18(7-8-23(22)26-16-27-25)11-24(31)30-14-19-12-29(2)13-20(19)15-30/h1,4-10,16,19-20H,11-15H2,2H3,(H,26,27,28). The second-order valence-corrected chi connectivity index (χ2v) is 8.64. The maximum absolute atomic E-state index is 13.0. The predicted octanol–water partition coefficient (Wildman–Crippen LogP) is 2.92. The molecular formula is C25H25N5O. The third-order valence-electron chi connectivity index (χ3n) is 6.37. The molecule has 2 atom stereocenters. The van der Waals surface area contributed by atoms with Gasteiger partial charge >= 0.3 is 0 Å². The number of benzene rings is 2. The maximum Gasteiger partial charge on any atom is 0.227 e. The van der Waals surface area contributed by atoms with E-state index in [1.807, 2.05) is 47.4 Å². The number of likely N-dealkylation sites (tertiary alicyclic amines) is 2. The largest absolute Gasteiger partial charge is 0.342 e. The smallest absolute Gasteiger partial charge is 0.227 e. The molecular weight excluding hydrogens is 386 g/mol. The van der Waals surface area contributed by atoms with E-state index in [1.54, 1.807) is 6.33 Å². The highest BCUT2D eigenvalue weighted by molar-refractivity contribution is 5.92. The van der Waals surface area contributed by atoms with E-state index >= 15 is 0 Å². The molecule has 3 aromatic rings. The van der Waals surface area contributed by atoms with Crippen LogP contribution in [0.4, 0.5) is 11.5 Å². The van der Waals surface area contributed by atoms with Gasteiger partial charge in [-0.25, -0.2) is 9.97 Å². The fraction of sp³-hybridized carbons (Fsp3) is 0.320. The zero-order valence-corrected chi connectivity index (χ0v) is 17.6. The second-order valence-electron chi connectivity index (χ2n) is 8.64. The van der Waals surface area contributed by atoms with Crippen molar-refractivity contribution < 1.29 is 4.79 Å². The van der Waals surface area contributed by atoms with Crippen molar-refractivity contribution in [2.24, 2.45) is 11.8 Å². The van der Waals surface area contributed by atoms with Gasteiger partial charge in [0.2, 0.25) is 5.91 Å². The number of hydrogen-bond donors (Lipinski definition) is 1. The summed E-state index contributed by atoms with van der Waals surface area (Å²) in [7, 11) is 2.16. The Morgan fingerprint density at radius 2 is 1.94 bits per heavy atom. The number of nitrogens with zero attached hydrogens (tertiary/aromatic N) is 4. The van der Waals surface area contributed by atoms with E-state index in [9.17, 15) is 4.79 Å². The van der Waals surface area contributed by atoms with E-state index < -0.39 is 0 Å². The highest BCUT2D eigenvalue weighted by Crippen LogP contribution is 2.31. The van der Waals surface area contributed by atoms with Gasteiger partial charge < -0.3 is 15.1 Å². The van der Waals surface area contributed by atoms with Crippen molar-refractivity contribution in [1.82, 2.24) is 19.8 Å². The molecule has 1 amide bonds. The summed E-state index contributed by atoms with van der Waals surface area (Å²) in [6, 6.07) is 13.6. The average molecular weight is 412 g/mol. The summed E-state index contributed by atoms with van der Waals surface area (Å²) in [4.78, 5) is 26.2. The van der Waals surface area contributed by atoms with E-state index in [1.165, 1.54) is 0 Å². The normalized spacial score (nSPS) is 20.6. The molecule has 2 aromatic carbocycles. The molecule has 0 bridgehead atoms. The summed E-state index contributed by atoms with van der Waals surface area (Å²) in [5, 5.41) is 4.23. The molecule has 6 nitrogen and oxygen atoms in total. The first-order chi connectivity index (χ1) is 15.1. The van der Waals surface area contributed by atoms with Gasteiger partial charge in [-0.15, -0.1) is 6.42 Å². The number of amides is 1. The van der Waals surface area contributed by atoms with Crippen molar-refractivity contribution in [2.75, 3.05) is 38.5 Å². The lowest BCUT2D eigenvalue weighted by molar-refractivity contribution is -0.129. The minimum atomic E-state index is 0.199. The SMILES string of the molecule is C#Cc1cccc(Nc2ncnc3ccc(CC(=O)N4CC5CN(C)CC5C4)cc23)c1. The molecule has 31 heavy (non-hydrogen) atoms. The lowest BCUT2D eigenvalue weighted by atomic mass is 10.0. The fourth-order valence-corrected chi connectivity index (χ4v) is 4.85. The van der Waals surface area contributed by atoms with Gasteiger partial charge in [0, 0.05) is 42.8 Å². The minimum absolute atomic E-state index is 0.199. The van der Waals surface area contributed by atoms with Crippen molar-refractivity contribution in [1.29, 1.82) is 0 Å². The van der Waals surface area contributed by atoms with E-state index in [4.69, 9.17) is 6.42 Å². The van der Waals surface area contributed by atoms with Crippen molar-refractivity contribution in [3.05, 3.63) is 59.9 Å². The Bertz CT molecular complexity index is 1170. The Morgan fingerprint density at radius 3 is 2.71 bits per heavy atom. The van der Waals surface area contributed by atoms with Crippen LogP contribution < -0.4 is 5.32 Å². The summed E-state index contributed by atoms with van der Waals surface area (Å²) in [5.41, 5.74) is 3.48. The molecule has 5 rings (SSSR count). The van der Waals surface area contributed by atoms with Crippen LogP contribution in [0.5, 0.6) is 0 Å². The van der Waals surface area contributed by atoms with Gasteiger partial charge in [-0.1, -0.05) is 18.1 Å². The van der Waals surface area contributed by atoms with E-state index in [0.717, 1.165) is 53.9 Å². The van der Waals surface area contributed by atoms with Crippen molar-refractivity contribution in [2.45, 2.75) is 6.42 Å². The molecule has 156 valence electrons. The molecule has 0 spiro atoms. The van der Waals surface area contributed by atoms with Crippen molar-refractivity contribution in [3.8, 4) is 12.3 Å². The Morgan fingerprint density at radius 1 is 1.13 bits per heavy atom. The molecule has 0 aliphatic carbocycles. The Kier molecular flexibility index (Phi) is 5.05. The number of carbonyl (C=O) groups is 1. The monoisotopic (exact) mass is 411 g/mol. The maximum atomic E-state index is 13.0. The Hall–Kier alpha value is -3.43. The molecule has 2 aliphatic heterocycles. The number of rotatable bonds is 4. The Balaban J connectivity index is 1.35. The molecule has 2 aliphatic rings. The Labute approximate surface area is 182 Å². The van der Waals surface area contributed by atoms with Crippen molar-refractivity contribution in [3.63, 3.8) is 0 Å². The lowest BCUT2D eigenvalue weighted by Gasteiger charge is -2.19. The first-order valence-electron chi connectivity index (χ1n) is 10.6. The lowest BCUT2D eigenvalue weighted by Crippen LogP contribution is -2.33. The number of anilines is 2. The van der Waals surface area contributed by atoms with Crippen LogP contribution >= 0.6 is 0 Å². The zero-order chi connectivity index (χ0) is 21.4. The fourth-order valence-electron chi connectivity index (χ4n) is 4.85. The average Bonchev–Trinajstić information content (AvgIpc) is 3.32. The van der Waals surface area contributed by atoms with Crippen LogP contribution in [0.1, 0.15) is 11.1 Å². The van der Waals surface area contributed by atoms with Crippen LogP contribution in [0, 0.1) is 24.2 Å². The quantitative estimate of drug-likeness (QED) is 0.669. The molecule has 1 aromatic heterocycles. The topological polar surface area (TPSA) is 61.4 Å². The molecule has 0 saturated carbocycles. The van der Waals surface area contributed by atoms with Crippen LogP contribution in [-0.2, 0) is 11.2 Å². The van der Waals surface area contributed by atoms with E-state index in [2.05, 4.69) is 33.2 Å². The summed E-state index contributed by atoms with van der Waals surface area (Å²) in [5.74, 6) is 4.78. The van der Waals surface area contributed by atoms with Gasteiger partial charge in [0.05, 0.1) is 11.9 Å². The third-order valence-corrected chi connectivity index (χ3v) is 6.37. The second kappa shape index (κ2) is 8.01. The van der Waals surface area contributed by atoms with Crippen LogP contribution in [0.2, 0.25) is 0 Å². The van der Waals surface area contributed by atoms with Gasteiger partial charge in [-0.05, 0) is 54.8 Å². The summed E-state index contributed by atoms with van der Waals surface area (Å²) in [6.07, 6.45) is 7.45. The van der Waals surface area contributed by atoms with Gasteiger partial charge in [0.25, 0.3) is 0 Å². The van der Waals surface area contributed by atoms with Crippen LogP contribution in [0.3, 0.4) is 0 Å². The molecule has 2 saturated heterocycles. The van der Waals surface area contributed by atoms with Crippen LogP contribution in [-0.4, -0.2) is 58.9 Å². The zero-order valence-electron chi connectivity index (χ0n) is 17.6. The molecule has 3 heterocycles. The van der Waals surface area contributed by atoms with Gasteiger partial charge in [0.1, 0.15) is 12.1 Å². The van der Waals surface area contributed by atoms with Gasteiger partial charge in [-0.3, -0.25) is 4.79 Å². The van der Waals surface area contributed by atoms with Gasteiger partial charge in [-0.2, -0.15) is 0 Å². The molecule has 0 radical (unpaired) electrons. The van der Waals surface area contributed by atoms with Gasteiger partial charge in [0.15, 0.2) is 0 Å². The predicted molar refractivity (Wildman–Crippen MR) is 122 cm³/mol. The molecule has 1 N–H and O–H groups in total. The first-order valence-corrected chi connectivity index (χ1v) is 10.6. The van der Waals surface area contributed by atoms with E-state index in [-0.39, 0.29) is 5.91 Å². The number of hydrogen-bond acceptors (Lipinski definition) is 5. The number of terminal acetylenes is 1. The van der Waals surface area contributed by atoms with Crippen LogP contribution in [0.15, 0.2) is 48.8 Å². The highest BCUT2D eigenvalue weighted by atomic mass is 16.2. The molecule has 2 fully saturated rings. The first kappa shape index (κ1) is 19.5. The van der Waals surface area contributed by atoms with Crippen LogP contribution in [0.25, 0.3) is 10.9 Å². The summed E-state index contributed by atoms with van der Waals surface area (Å²) < 4.78 is 0. The van der Waals surface area contributed by atoms with E-state index in [0.29, 0.717) is 24.1 Å². The third kappa shape index (κ3) is 3.97. The molecule has 2 unspecified atom stereocenters. The number of carbonyl (C=O) groups excluding carboxylic acids is 1. The number of nitrogens with one attached hydrogen (secondary N) is 1. The summed E-state index contributed by atoms with van der Waals surface area (Å²) >= 11 is 0. The highest BCUT2D eigenvalue weighted by Gasteiger charge is 2.40. The van der Waals surface area contributed by atoms with Crippen molar-refractivity contribution >= 4 is 28.3 Å².